The number of hydrogen-bond donors (Lipinski definition) is 0. The van der Waals surface area contributed by atoms with Crippen molar-refractivity contribution in [3.63, 3.8) is 0 Å². The molecule has 0 aliphatic carbocycles. The Bertz CT molecular complexity index is 5350. The first-order valence-corrected chi connectivity index (χ1v) is 48.0. The van der Waals surface area contributed by atoms with Crippen LogP contribution < -0.4 is 0 Å². The topological polar surface area (TPSA) is 307 Å². The summed E-state index contributed by atoms with van der Waals surface area (Å²) in [6, 6.07) is 95.1. The van der Waals surface area contributed by atoms with Crippen LogP contribution in [0.15, 0.2) is 303 Å². The van der Waals surface area contributed by atoms with E-state index in [4.69, 9.17) is 114 Å². The largest absolute Gasteiger partial charge is 0.457 e. The third kappa shape index (κ3) is 30.7. The lowest BCUT2D eigenvalue weighted by molar-refractivity contribution is -0.392. The molecule has 0 saturated carbocycles. The highest BCUT2D eigenvalue weighted by Crippen LogP contribution is 2.44. The summed E-state index contributed by atoms with van der Waals surface area (Å²) in [6.45, 7) is 8.97. The fourth-order valence-electron chi connectivity index (χ4n) is 18.0. The van der Waals surface area contributed by atoms with Gasteiger partial charge in [-0.15, -0.1) is 0 Å². The Morgan fingerprint density at radius 2 is 0.397 bits per heavy atom. The fraction of sp³-hybridized carbons (Fsp3) is 0.420. The molecule has 0 spiro atoms. The van der Waals surface area contributed by atoms with E-state index in [1.807, 2.05) is 317 Å². The number of ether oxygens (including phenoxy) is 24. The van der Waals surface area contributed by atoms with Crippen molar-refractivity contribution in [3.8, 4) is 0 Å². The van der Waals surface area contributed by atoms with E-state index in [1.54, 1.807) is 0 Å². The molecule has 0 amide bonds. The number of benzene rings is 10. The van der Waals surface area contributed by atoms with Gasteiger partial charge in [0.1, 0.15) is 73.2 Å². The maximum Gasteiger partial charge on any atom is 0.304 e. The van der Waals surface area contributed by atoms with Crippen molar-refractivity contribution < 1.29 is 138 Å². The van der Waals surface area contributed by atoms with E-state index in [-0.39, 0.29) is 92.5 Å². The van der Waals surface area contributed by atoms with E-state index in [2.05, 4.69) is 0 Å². The summed E-state index contributed by atoms with van der Waals surface area (Å²) in [5.74, 6) is -5.53. The molecular weight excluding hydrogens is 1810 g/mol. The molecule has 29 heteroatoms. The second-order valence-corrected chi connectivity index (χ2v) is 35.5. The van der Waals surface area contributed by atoms with E-state index >= 15 is 0 Å². The summed E-state index contributed by atoms with van der Waals surface area (Å²) in [5, 5.41) is 0. The fourth-order valence-corrected chi connectivity index (χ4v) is 18.0. The molecule has 15 rings (SSSR count). The summed E-state index contributed by atoms with van der Waals surface area (Å²) in [4.78, 5) is 71.1. The van der Waals surface area contributed by atoms with Crippen LogP contribution in [0.3, 0.4) is 0 Å². The molecule has 5 fully saturated rings. The van der Waals surface area contributed by atoms with Crippen molar-refractivity contribution in [1.82, 2.24) is 0 Å². The molecule has 0 N–H and O–H groups in total. The Kier molecular flexibility index (Phi) is 39.7. The highest BCUT2D eigenvalue weighted by Gasteiger charge is 2.61. The second kappa shape index (κ2) is 53.8. The van der Waals surface area contributed by atoms with E-state index in [0.717, 1.165) is 55.6 Å². The normalized spacial score (nSPS) is 27.7. The molecule has 0 radical (unpaired) electrons. The summed E-state index contributed by atoms with van der Waals surface area (Å²) in [7, 11) is 0. The van der Waals surface area contributed by atoms with Gasteiger partial charge in [-0.1, -0.05) is 317 Å². The zero-order chi connectivity index (χ0) is 98.0. The molecule has 5 heterocycles. The molecule has 5 saturated heterocycles. The van der Waals surface area contributed by atoms with Gasteiger partial charge in [0.25, 0.3) is 0 Å². The van der Waals surface area contributed by atoms with Gasteiger partial charge in [-0.2, -0.15) is 0 Å². The molecule has 5 aliphatic heterocycles. The van der Waals surface area contributed by atoms with Gasteiger partial charge in [0.2, 0.25) is 6.29 Å². The monoisotopic (exact) mass is 1930 g/mol. The SMILES string of the molecule is CC(=O)OC1OC(COCc2ccccc2)C(OC2OC(COCc3ccccc3)C(OC3OC(COC4OC(COCc5ccccc5)C(OCc5ccccc5)C(OCc5ccccc5)C4OC(C)=O)C(OC(C)=O)C(OC4OC(COCc5ccccc5)C(OCc5ccccc5)C(OCc5ccccc5)C4OC(C)=O)C3OC(C)=O)C(OCc3ccccc3)C2C)C(OCc2ccccc2)C1C. The van der Waals surface area contributed by atoms with Gasteiger partial charge in [0.15, 0.2) is 49.6 Å². The third-order valence-electron chi connectivity index (χ3n) is 24.7. The average molecular weight is 1940 g/mol. The molecule has 0 bridgehead atoms. The van der Waals surface area contributed by atoms with E-state index < -0.39 is 190 Å². The molecular formula is C112H126O29. The van der Waals surface area contributed by atoms with Crippen LogP contribution in [-0.4, -0.2) is 204 Å². The maximum atomic E-state index is 14.8. The summed E-state index contributed by atoms with van der Waals surface area (Å²) < 4.78 is 168. The molecule has 0 aromatic heterocycles. The molecule has 748 valence electrons. The predicted molar refractivity (Wildman–Crippen MR) is 511 cm³/mol. The minimum Gasteiger partial charge on any atom is -0.457 e. The van der Waals surface area contributed by atoms with Crippen LogP contribution in [0.25, 0.3) is 0 Å². The van der Waals surface area contributed by atoms with Crippen molar-refractivity contribution in [1.29, 1.82) is 0 Å². The van der Waals surface area contributed by atoms with Gasteiger partial charge in [0.05, 0.1) is 111 Å². The van der Waals surface area contributed by atoms with E-state index in [1.165, 1.54) is 34.6 Å². The van der Waals surface area contributed by atoms with Crippen LogP contribution in [0.4, 0.5) is 0 Å². The highest BCUT2D eigenvalue weighted by molar-refractivity contribution is 5.68. The summed E-state index contributed by atoms with van der Waals surface area (Å²) >= 11 is 0. The number of hydrogen-bond acceptors (Lipinski definition) is 29. The van der Waals surface area contributed by atoms with Crippen LogP contribution in [0.5, 0.6) is 0 Å². The highest BCUT2D eigenvalue weighted by atomic mass is 16.8. The Balaban J connectivity index is 0.866. The number of rotatable bonds is 48. The number of carbonyl (C=O) groups is 5. The maximum absolute atomic E-state index is 14.8. The first kappa shape index (κ1) is 104. The van der Waals surface area contributed by atoms with Gasteiger partial charge in [-0.3, -0.25) is 24.0 Å². The van der Waals surface area contributed by atoms with Gasteiger partial charge in [-0.25, -0.2) is 0 Å². The zero-order valence-electron chi connectivity index (χ0n) is 80.2. The molecule has 25 unspecified atom stereocenters. The summed E-state index contributed by atoms with van der Waals surface area (Å²) in [6.07, 6.45) is -31.8. The Morgan fingerprint density at radius 3 is 0.695 bits per heavy atom. The van der Waals surface area contributed by atoms with Gasteiger partial charge < -0.3 is 114 Å². The van der Waals surface area contributed by atoms with Crippen LogP contribution in [0, 0.1) is 11.8 Å². The minimum atomic E-state index is -1.93. The zero-order valence-corrected chi connectivity index (χ0v) is 80.2. The van der Waals surface area contributed by atoms with Gasteiger partial charge >= 0.3 is 29.8 Å². The second-order valence-electron chi connectivity index (χ2n) is 35.5. The summed E-state index contributed by atoms with van der Waals surface area (Å²) in [5.41, 5.74) is 8.07. The first-order chi connectivity index (χ1) is 68.9. The predicted octanol–water partition coefficient (Wildman–Crippen LogP) is 15.7. The molecule has 5 aliphatic rings. The van der Waals surface area contributed by atoms with E-state index in [0.29, 0.717) is 0 Å². The van der Waals surface area contributed by atoms with Crippen molar-refractivity contribution >= 4 is 29.8 Å². The lowest BCUT2D eigenvalue weighted by Gasteiger charge is -2.52. The molecule has 10 aromatic carbocycles. The van der Waals surface area contributed by atoms with Crippen LogP contribution in [0.2, 0.25) is 0 Å². The smallest absolute Gasteiger partial charge is 0.304 e. The number of carbonyl (C=O) groups excluding carboxylic acids is 5. The van der Waals surface area contributed by atoms with Gasteiger partial charge in [0, 0.05) is 46.5 Å². The lowest BCUT2D eigenvalue weighted by Crippen LogP contribution is -2.68. The lowest BCUT2D eigenvalue weighted by atomic mass is 9.89. The standard InChI is InChI=1S/C112H126O29/c1-73-95(122-62-84-46-26-12-27-47-84)99(92(134-108(73)133-79(7)117)70-120-60-82-42-22-10-23-43-82)139-109-74(2)96(123-63-85-48-28-13-29-49-85)100(93(135-109)71-121-61-83-44-24-11-25-45-83)140-112-107(132-78(6)116)104(141-111-106(131-77(5)115)103(127-67-89-56-36-17-37-57-89)98(125-65-87-52-32-15-33-53-87)91(137-111)69-119-59-81-40-20-9-21-41-81)101(129-75(3)113)94(138-112)72-128-110-105(130-76(4)114)102(126-66-88-54-34-16-35-55-88)97(124-64-86-50-30-14-31-51-86)90(136-110)68-118-58-80-38-18-8-19-39-80/h8-57,73-74,90-112H,58-72H2,1-7H3. The minimum absolute atomic E-state index is 0.00830. The molecule has 10 aromatic rings. The van der Waals surface area contributed by atoms with Crippen LogP contribution >= 0.6 is 0 Å². The molecule has 141 heavy (non-hydrogen) atoms. The average Bonchev–Trinajstić information content (AvgIpc) is 0.757. The molecule has 29 nitrogen and oxygen atoms in total. The quantitative estimate of drug-likeness (QED) is 0.0253. The molecule has 25 atom stereocenters. The van der Waals surface area contributed by atoms with Crippen molar-refractivity contribution in [3.05, 3.63) is 359 Å². The van der Waals surface area contributed by atoms with E-state index in [9.17, 15) is 24.0 Å². The Labute approximate surface area is 822 Å². The van der Waals surface area contributed by atoms with Crippen LogP contribution in [-0.2, 0) is 204 Å². The first-order valence-electron chi connectivity index (χ1n) is 48.0. The van der Waals surface area contributed by atoms with Gasteiger partial charge in [-0.05, 0) is 55.6 Å². The van der Waals surface area contributed by atoms with Crippen molar-refractivity contribution in [2.45, 2.75) is 256 Å². The Morgan fingerprint density at radius 1 is 0.191 bits per heavy atom. The van der Waals surface area contributed by atoms with Crippen molar-refractivity contribution in [2.75, 3.05) is 33.0 Å². The number of esters is 5. The van der Waals surface area contributed by atoms with Crippen molar-refractivity contribution in [2.24, 2.45) is 11.8 Å². The van der Waals surface area contributed by atoms with Crippen LogP contribution in [0.1, 0.15) is 104 Å². The third-order valence-corrected chi connectivity index (χ3v) is 24.7. The Hall–Kier alpha value is -11.2.